The van der Waals surface area contributed by atoms with Crippen molar-refractivity contribution in [2.24, 2.45) is 5.11 Å². The average molecular weight is 247 g/mol. The third kappa shape index (κ3) is 3.23. The van der Waals surface area contributed by atoms with Gasteiger partial charge in [0.05, 0.1) is 19.6 Å². The molecular weight excluding hydrogens is 234 g/mol. The van der Waals surface area contributed by atoms with E-state index in [0.29, 0.717) is 6.61 Å². The van der Waals surface area contributed by atoms with Crippen LogP contribution in [-0.2, 0) is 20.7 Å². The summed E-state index contributed by atoms with van der Waals surface area (Å²) in [6.45, 7) is 0.581. The van der Waals surface area contributed by atoms with Crippen LogP contribution in [0.25, 0.3) is 10.4 Å². The van der Waals surface area contributed by atoms with Crippen molar-refractivity contribution in [2.45, 2.75) is 18.6 Å². The Kier molecular flexibility index (Phi) is 4.17. The summed E-state index contributed by atoms with van der Waals surface area (Å²) in [6, 6.07) is 8.91. The van der Waals surface area contributed by atoms with Crippen molar-refractivity contribution < 1.29 is 14.3 Å². The fraction of sp³-hybridized carbons (Fsp3) is 0.417. The maximum absolute atomic E-state index is 11.7. The molecule has 6 heteroatoms. The number of carbonyl (C=O) groups excluding carboxylic acids is 1. The van der Waals surface area contributed by atoms with Crippen molar-refractivity contribution in [1.82, 2.24) is 0 Å². The predicted octanol–water partition coefficient (Wildman–Crippen LogP) is 1.85. The Labute approximate surface area is 104 Å². The van der Waals surface area contributed by atoms with Crippen LogP contribution in [0.2, 0.25) is 0 Å². The fourth-order valence-corrected chi connectivity index (χ4v) is 1.78. The van der Waals surface area contributed by atoms with Gasteiger partial charge in [-0.1, -0.05) is 35.4 Å². The van der Waals surface area contributed by atoms with Crippen LogP contribution in [0, 0.1) is 0 Å². The first kappa shape index (κ1) is 12.4. The molecule has 0 spiro atoms. The molecule has 0 amide bonds. The summed E-state index contributed by atoms with van der Waals surface area (Å²) < 4.78 is 10.4. The van der Waals surface area contributed by atoms with Crippen LogP contribution in [0.3, 0.4) is 0 Å². The van der Waals surface area contributed by atoms with Gasteiger partial charge in [0.2, 0.25) is 0 Å². The van der Waals surface area contributed by atoms with Crippen molar-refractivity contribution in [3.63, 3.8) is 0 Å². The number of ether oxygens (including phenoxy) is 2. The molecule has 0 radical (unpaired) electrons. The Bertz CT molecular complexity index is 457. The topological polar surface area (TPSA) is 84.3 Å². The highest BCUT2D eigenvalue weighted by molar-refractivity contribution is 5.72. The van der Waals surface area contributed by atoms with E-state index in [4.69, 9.17) is 15.0 Å². The van der Waals surface area contributed by atoms with Crippen molar-refractivity contribution in [1.29, 1.82) is 0 Å². The molecule has 1 heterocycles. The first-order valence-electron chi connectivity index (χ1n) is 5.65. The van der Waals surface area contributed by atoms with E-state index in [1.54, 1.807) is 0 Å². The summed E-state index contributed by atoms with van der Waals surface area (Å²) >= 11 is 0. The number of rotatable bonds is 4. The highest BCUT2D eigenvalue weighted by Gasteiger charge is 2.30. The molecule has 1 aliphatic heterocycles. The number of carbonyl (C=O) groups is 1. The van der Waals surface area contributed by atoms with E-state index in [2.05, 4.69) is 10.0 Å². The average Bonchev–Trinajstić information content (AvgIpc) is 2.78. The number of azide groups is 1. The second-order valence-electron chi connectivity index (χ2n) is 4.00. The molecule has 1 saturated heterocycles. The van der Waals surface area contributed by atoms with Crippen LogP contribution in [0.15, 0.2) is 35.4 Å². The Hall–Kier alpha value is -2.04. The minimum absolute atomic E-state index is 0.209. The third-order valence-corrected chi connectivity index (χ3v) is 2.67. The summed E-state index contributed by atoms with van der Waals surface area (Å²) in [5.41, 5.74) is 9.27. The maximum atomic E-state index is 11.7. The van der Waals surface area contributed by atoms with E-state index in [-0.39, 0.29) is 19.0 Å². The Balaban J connectivity index is 1.89. The number of esters is 1. The van der Waals surface area contributed by atoms with Gasteiger partial charge >= 0.3 is 5.97 Å². The van der Waals surface area contributed by atoms with E-state index in [0.717, 1.165) is 5.56 Å². The van der Waals surface area contributed by atoms with Crippen molar-refractivity contribution in [3.05, 3.63) is 46.3 Å². The molecule has 0 N–H and O–H groups in total. The van der Waals surface area contributed by atoms with Gasteiger partial charge in [-0.15, -0.1) is 0 Å². The fourth-order valence-electron chi connectivity index (χ4n) is 1.78. The summed E-state index contributed by atoms with van der Waals surface area (Å²) in [4.78, 5) is 14.4. The largest absolute Gasteiger partial charge is 0.459 e. The zero-order valence-electron chi connectivity index (χ0n) is 9.73. The van der Waals surface area contributed by atoms with Gasteiger partial charge in [0.15, 0.2) is 0 Å². The second-order valence-corrected chi connectivity index (χ2v) is 4.00. The van der Waals surface area contributed by atoms with Crippen LogP contribution in [0.1, 0.15) is 5.56 Å². The highest BCUT2D eigenvalue weighted by Crippen LogP contribution is 2.14. The number of hydrogen-bond acceptors (Lipinski definition) is 4. The van der Waals surface area contributed by atoms with Crippen molar-refractivity contribution in [2.75, 3.05) is 13.2 Å². The molecule has 2 atom stereocenters. The molecule has 2 rings (SSSR count). The van der Waals surface area contributed by atoms with E-state index >= 15 is 0 Å². The molecule has 1 aromatic rings. The lowest BCUT2D eigenvalue weighted by molar-refractivity contribution is -0.148. The van der Waals surface area contributed by atoms with Crippen molar-refractivity contribution >= 4 is 5.97 Å². The number of benzene rings is 1. The van der Waals surface area contributed by atoms with E-state index in [1.165, 1.54) is 0 Å². The van der Waals surface area contributed by atoms with Gasteiger partial charge in [-0.05, 0) is 11.1 Å². The van der Waals surface area contributed by atoms with Crippen LogP contribution < -0.4 is 0 Å². The molecular formula is C12H13N3O3. The smallest absolute Gasteiger partial charge is 0.310 e. The normalized spacial score (nSPS) is 22.2. The highest BCUT2D eigenvalue weighted by atomic mass is 16.6. The minimum atomic E-state index is -0.475. The SMILES string of the molecule is [N-]=[N+]=N[C@H]1COC[C@H]1OC(=O)Cc1ccccc1. The Morgan fingerprint density at radius 2 is 2.22 bits per heavy atom. The first-order valence-corrected chi connectivity index (χ1v) is 5.65. The molecule has 0 unspecified atom stereocenters. The molecule has 0 bridgehead atoms. The number of nitrogens with zero attached hydrogens (tertiary/aromatic N) is 3. The zero-order chi connectivity index (χ0) is 12.8. The Morgan fingerprint density at radius 1 is 1.44 bits per heavy atom. The quantitative estimate of drug-likeness (QED) is 0.352. The molecule has 1 aliphatic rings. The van der Waals surface area contributed by atoms with Gasteiger partial charge < -0.3 is 9.47 Å². The molecule has 1 aromatic carbocycles. The molecule has 1 fully saturated rings. The van der Waals surface area contributed by atoms with E-state index in [9.17, 15) is 4.79 Å². The monoisotopic (exact) mass is 247 g/mol. The Morgan fingerprint density at radius 3 is 2.94 bits per heavy atom. The summed E-state index contributed by atoms with van der Waals surface area (Å²) in [6.07, 6.45) is -0.266. The van der Waals surface area contributed by atoms with Gasteiger partial charge in [0.1, 0.15) is 12.1 Å². The second kappa shape index (κ2) is 6.05. The third-order valence-electron chi connectivity index (χ3n) is 2.67. The van der Waals surface area contributed by atoms with Gasteiger partial charge in [0.25, 0.3) is 0 Å². The van der Waals surface area contributed by atoms with E-state index in [1.807, 2.05) is 30.3 Å². The molecule has 0 aromatic heterocycles. The van der Waals surface area contributed by atoms with Gasteiger partial charge in [-0.25, -0.2) is 0 Å². The van der Waals surface area contributed by atoms with Gasteiger partial charge in [-0.3, -0.25) is 4.79 Å². The summed E-state index contributed by atoms with van der Waals surface area (Å²) in [5.74, 6) is -0.338. The molecule has 0 aliphatic carbocycles. The van der Waals surface area contributed by atoms with Crippen LogP contribution in [0.4, 0.5) is 0 Å². The molecule has 0 saturated carbocycles. The van der Waals surface area contributed by atoms with Crippen LogP contribution in [-0.4, -0.2) is 31.3 Å². The number of hydrogen-bond donors (Lipinski definition) is 0. The molecule has 18 heavy (non-hydrogen) atoms. The molecule has 94 valence electrons. The molecule has 6 nitrogen and oxygen atoms in total. The zero-order valence-corrected chi connectivity index (χ0v) is 9.73. The van der Waals surface area contributed by atoms with Gasteiger partial charge in [0, 0.05) is 4.91 Å². The lowest BCUT2D eigenvalue weighted by atomic mass is 10.1. The standard InChI is InChI=1S/C12H13N3O3/c13-15-14-10-7-17-8-11(10)18-12(16)6-9-4-2-1-3-5-9/h1-5,10-11H,6-8H2/t10-,11+/m0/s1. The minimum Gasteiger partial charge on any atom is -0.459 e. The predicted molar refractivity (Wildman–Crippen MR) is 63.8 cm³/mol. The summed E-state index contributed by atoms with van der Waals surface area (Å²) in [5, 5.41) is 3.54. The first-order chi connectivity index (χ1) is 8.79. The lowest BCUT2D eigenvalue weighted by Crippen LogP contribution is -2.28. The summed E-state index contributed by atoms with van der Waals surface area (Å²) in [7, 11) is 0. The van der Waals surface area contributed by atoms with E-state index < -0.39 is 12.1 Å². The lowest BCUT2D eigenvalue weighted by Gasteiger charge is -2.14. The van der Waals surface area contributed by atoms with Crippen LogP contribution in [0.5, 0.6) is 0 Å². The van der Waals surface area contributed by atoms with Crippen molar-refractivity contribution in [3.8, 4) is 0 Å². The maximum Gasteiger partial charge on any atom is 0.310 e. The van der Waals surface area contributed by atoms with Gasteiger partial charge in [-0.2, -0.15) is 0 Å². The van der Waals surface area contributed by atoms with Crippen LogP contribution >= 0.6 is 0 Å².